The first kappa shape index (κ1) is 13.4. The molecule has 1 rings (SSSR count). The van der Waals surface area contributed by atoms with Gasteiger partial charge in [-0.3, -0.25) is 0 Å². The monoisotopic (exact) mass is 233 g/mol. The number of rotatable bonds is 5. The summed E-state index contributed by atoms with van der Waals surface area (Å²) in [4.78, 5) is 6.44. The highest BCUT2D eigenvalue weighted by Gasteiger charge is 2.12. The van der Waals surface area contributed by atoms with E-state index in [1.165, 1.54) is 0 Å². The van der Waals surface area contributed by atoms with Crippen LogP contribution in [-0.2, 0) is 0 Å². The molecule has 0 spiro atoms. The number of anilines is 1. The topological polar surface area (TPSA) is 65.7 Å². The van der Waals surface area contributed by atoms with Crippen molar-refractivity contribution in [3.05, 3.63) is 11.4 Å². The largest absolute Gasteiger partial charge is 0.338 e. The number of nitrogens with zero attached hydrogens (tertiary/aromatic N) is 5. The van der Waals surface area contributed by atoms with Crippen LogP contribution in [0.15, 0.2) is 0 Å². The predicted molar refractivity (Wildman–Crippen MR) is 66.6 cm³/mol. The van der Waals surface area contributed by atoms with Gasteiger partial charge in [0.05, 0.1) is 23.9 Å². The Hall–Kier alpha value is -1.70. The van der Waals surface area contributed by atoms with Crippen molar-refractivity contribution in [3.63, 3.8) is 0 Å². The molecule has 0 aliphatic rings. The number of aromatic nitrogens is 3. The van der Waals surface area contributed by atoms with Gasteiger partial charge in [0.15, 0.2) is 0 Å². The van der Waals surface area contributed by atoms with Gasteiger partial charge in [0, 0.05) is 13.1 Å². The Morgan fingerprint density at radius 1 is 1.24 bits per heavy atom. The zero-order chi connectivity index (χ0) is 12.8. The van der Waals surface area contributed by atoms with E-state index in [0.29, 0.717) is 24.8 Å². The molecule has 0 aromatic carbocycles. The Balaban J connectivity index is 2.87. The number of nitriles is 1. The van der Waals surface area contributed by atoms with E-state index in [4.69, 9.17) is 5.26 Å². The van der Waals surface area contributed by atoms with Crippen LogP contribution in [0.5, 0.6) is 0 Å². The molecule has 0 fully saturated rings. The summed E-state index contributed by atoms with van der Waals surface area (Å²) in [5.74, 6) is 1.12. The summed E-state index contributed by atoms with van der Waals surface area (Å²) in [5.41, 5.74) is 1.74. The summed E-state index contributed by atoms with van der Waals surface area (Å²) in [7, 11) is 0. The van der Waals surface area contributed by atoms with Gasteiger partial charge >= 0.3 is 0 Å². The smallest absolute Gasteiger partial charge is 0.245 e. The van der Waals surface area contributed by atoms with E-state index >= 15 is 0 Å². The molecule has 0 aliphatic carbocycles. The van der Waals surface area contributed by atoms with Gasteiger partial charge in [-0.2, -0.15) is 10.4 Å². The molecule has 0 aliphatic heterocycles. The van der Waals surface area contributed by atoms with E-state index in [1.54, 1.807) is 0 Å². The molecule has 5 heteroatoms. The maximum absolute atomic E-state index is 8.66. The molecular formula is C12H19N5. The van der Waals surface area contributed by atoms with Crippen LogP contribution in [0.3, 0.4) is 0 Å². The Bertz CT molecular complexity index is 408. The molecular weight excluding hydrogens is 214 g/mol. The van der Waals surface area contributed by atoms with Crippen molar-refractivity contribution in [2.75, 3.05) is 18.0 Å². The van der Waals surface area contributed by atoms with Crippen LogP contribution in [0.4, 0.5) is 5.95 Å². The van der Waals surface area contributed by atoms with Crippen LogP contribution >= 0.6 is 0 Å². The Labute approximate surface area is 102 Å². The van der Waals surface area contributed by atoms with Crippen LogP contribution in [0.1, 0.15) is 31.7 Å². The molecule has 5 nitrogen and oxygen atoms in total. The second-order valence-corrected chi connectivity index (χ2v) is 4.53. The summed E-state index contributed by atoms with van der Waals surface area (Å²) < 4.78 is 0. The molecule has 0 N–H and O–H groups in total. The van der Waals surface area contributed by atoms with Crippen molar-refractivity contribution in [1.82, 2.24) is 15.2 Å². The maximum Gasteiger partial charge on any atom is 0.245 e. The standard InChI is InChI=1S/C12H19N5/c1-9(2)8-17(7-5-6-13)12-14-10(3)11(4)15-16-12/h9H,5,7-8H2,1-4H3. The molecule has 0 saturated carbocycles. The first-order valence-corrected chi connectivity index (χ1v) is 5.84. The van der Waals surface area contributed by atoms with Gasteiger partial charge in [-0.1, -0.05) is 13.8 Å². The molecule has 1 heterocycles. The molecule has 0 saturated heterocycles. The highest BCUT2D eigenvalue weighted by atomic mass is 15.3. The third-order valence-corrected chi connectivity index (χ3v) is 2.44. The lowest BCUT2D eigenvalue weighted by Gasteiger charge is -2.23. The Kier molecular flexibility index (Phi) is 4.83. The number of hydrogen-bond acceptors (Lipinski definition) is 5. The highest BCUT2D eigenvalue weighted by Crippen LogP contribution is 2.11. The normalized spacial score (nSPS) is 10.4. The fraction of sp³-hybridized carbons (Fsp3) is 0.667. The first-order chi connectivity index (χ1) is 8.04. The Morgan fingerprint density at radius 3 is 2.47 bits per heavy atom. The highest BCUT2D eigenvalue weighted by molar-refractivity contribution is 5.30. The van der Waals surface area contributed by atoms with Gasteiger partial charge in [-0.15, -0.1) is 5.10 Å². The van der Waals surface area contributed by atoms with Crippen molar-refractivity contribution in [2.24, 2.45) is 5.92 Å². The van der Waals surface area contributed by atoms with Crippen LogP contribution in [0, 0.1) is 31.1 Å². The average molecular weight is 233 g/mol. The van der Waals surface area contributed by atoms with Crippen molar-refractivity contribution in [3.8, 4) is 6.07 Å². The van der Waals surface area contributed by atoms with E-state index in [2.05, 4.69) is 35.1 Å². The van der Waals surface area contributed by atoms with Gasteiger partial charge in [0.2, 0.25) is 5.95 Å². The minimum Gasteiger partial charge on any atom is -0.338 e. The zero-order valence-electron chi connectivity index (χ0n) is 10.9. The van der Waals surface area contributed by atoms with E-state index < -0.39 is 0 Å². The second kappa shape index (κ2) is 6.14. The van der Waals surface area contributed by atoms with E-state index in [9.17, 15) is 0 Å². The van der Waals surface area contributed by atoms with Crippen LogP contribution in [0.25, 0.3) is 0 Å². The molecule has 92 valence electrons. The van der Waals surface area contributed by atoms with Crippen molar-refractivity contribution in [1.29, 1.82) is 5.26 Å². The SMILES string of the molecule is Cc1nnc(N(CCC#N)CC(C)C)nc1C. The molecule has 0 atom stereocenters. The Morgan fingerprint density at radius 2 is 1.94 bits per heavy atom. The van der Waals surface area contributed by atoms with Crippen molar-refractivity contribution < 1.29 is 0 Å². The molecule has 17 heavy (non-hydrogen) atoms. The van der Waals surface area contributed by atoms with Crippen LogP contribution in [-0.4, -0.2) is 28.3 Å². The summed E-state index contributed by atoms with van der Waals surface area (Å²) in [6.45, 7) is 9.57. The lowest BCUT2D eigenvalue weighted by Crippen LogP contribution is -2.30. The van der Waals surface area contributed by atoms with E-state index in [0.717, 1.165) is 17.9 Å². The third kappa shape index (κ3) is 3.99. The van der Waals surface area contributed by atoms with Gasteiger partial charge in [0.1, 0.15) is 0 Å². The van der Waals surface area contributed by atoms with Crippen LogP contribution < -0.4 is 4.90 Å². The van der Waals surface area contributed by atoms with Gasteiger partial charge < -0.3 is 4.90 Å². The van der Waals surface area contributed by atoms with Gasteiger partial charge in [-0.25, -0.2) is 4.98 Å². The lowest BCUT2D eigenvalue weighted by molar-refractivity contribution is 0.597. The third-order valence-electron chi connectivity index (χ3n) is 2.44. The molecule has 0 amide bonds. The summed E-state index contributed by atoms with van der Waals surface area (Å²) in [5, 5.41) is 16.8. The fourth-order valence-corrected chi connectivity index (χ4v) is 1.48. The lowest BCUT2D eigenvalue weighted by atomic mass is 10.2. The molecule has 1 aromatic rings. The fourth-order valence-electron chi connectivity index (χ4n) is 1.48. The summed E-state index contributed by atoms with van der Waals surface area (Å²) in [6, 6.07) is 2.15. The second-order valence-electron chi connectivity index (χ2n) is 4.53. The van der Waals surface area contributed by atoms with Crippen molar-refractivity contribution in [2.45, 2.75) is 34.1 Å². The average Bonchev–Trinajstić information content (AvgIpc) is 2.27. The molecule has 0 bridgehead atoms. The minimum absolute atomic E-state index is 0.475. The molecule has 0 radical (unpaired) electrons. The quantitative estimate of drug-likeness (QED) is 0.776. The van der Waals surface area contributed by atoms with Gasteiger partial charge in [-0.05, 0) is 19.8 Å². The summed E-state index contributed by atoms with van der Waals surface area (Å²) in [6.07, 6.45) is 0.475. The van der Waals surface area contributed by atoms with E-state index in [-0.39, 0.29) is 0 Å². The van der Waals surface area contributed by atoms with Gasteiger partial charge in [0.25, 0.3) is 0 Å². The first-order valence-electron chi connectivity index (χ1n) is 5.84. The summed E-state index contributed by atoms with van der Waals surface area (Å²) >= 11 is 0. The van der Waals surface area contributed by atoms with Crippen molar-refractivity contribution >= 4 is 5.95 Å². The maximum atomic E-state index is 8.66. The minimum atomic E-state index is 0.475. The molecule has 1 aromatic heterocycles. The molecule has 0 unspecified atom stereocenters. The van der Waals surface area contributed by atoms with Crippen LogP contribution in [0.2, 0.25) is 0 Å². The van der Waals surface area contributed by atoms with E-state index in [1.807, 2.05) is 18.7 Å². The number of hydrogen-bond donors (Lipinski definition) is 0. The predicted octanol–water partition coefficient (Wildman–Crippen LogP) is 1.86. The zero-order valence-corrected chi connectivity index (χ0v) is 10.9. The number of aryl methyl sites for hydroxylation is 2.